The molecule has 1 saturated heterocycles. The van der Waals surface area contributed by atoms with E-state index < -0.39 is 0 Å². The summed E-state index contributed by atoms with van der Waals surface area (Å²) in [7, 11) is 0. The number of nitrogens with zero attached hydrogens (tertiary/aromatic N) is 1. The number of ether oxygens (including phenoxy) is 1. The molecular formula is C20H37NO2. The van der Waals surface area contributed by atoms with Crippen LogP contribution in [0.3, 0.4) is 0 Å². The highest BCUT2D eigenvalue weighted by Gasteiger charge is 2.61. The standard InChI is InChI=1S/C20H37NO2/c1-19(2)16-8-10-20(19,3)18(14-16)23-13-9-17(22)15-21-11-6-4-5-7-12-21/h16-18,22H,4-15H2,1-3H3/t16-,17-,18+,20-/m0/s1. The van der Waals surface area contributed by atoms with Crippen molar-refractivity contribution in [1.82, 2.24) is 4.90 Å². The molecule has 2 saturated carbocycles. The third kappa shape index (κ3) is 3.48. The van der Waals surface area contributed by atoms with Gasteiger partial charge in [0, 0.05) is 13.2 Å². The first-order chi connectivity index (χ1) is 10.9. The second-order valence-corrected chi connectivity index (χ2v) is 9.13. The third-order valence-corrected chi connectivity index (χ3v) is 7.65. The Bertz CT molecular complexity index is 389. The highest BCUT2D eigenvalue weighted by atomic mass is 16.5. The van der Waals surface area contributed by atoms with Crippen LogP contribution in [-0.4, -0.2) is 48.5 Å². The zero-order valence-electron chi connectivity index (χ0n) is 15.5. The minimum Gasteiger partial charge on any atom is -0.392 e. The molecule has 2 aliphatic carbocycles. The van der Waals surface area contributed by atoms with Crippen LogP contribution in [0.2, 0.25) is 0 Å². The molecule has 0 radical (unpaired) electrons. The minimum atomic E-state index is -0.229. The number of hydrogen-bond donors (Lipinski definition) is 1. The lowest BCUT2D eigenvalue weighted by molar-refractivity contribution is -0.0563. The summed E-state index contributed by atoms with van der Waals surface area (Å²) in [5.74, 6) is 0.833. The molecule has 3 aliphatic rings. The molecule has 23 heavy (non-hydrogen) atoms. The predicted octanol–water partition coefficient (Wildman–Crippen LogP) is 3.84. The molecule has 0 spiro atoms. The number of β-amino-alcohol motifs (C(OH)–C–C–N with tert-alkyl or cyclic N) is 1. The lowest BCUT2D eigenvalue weighted by Crippen LogP contribution is -2.38. The van der Waals surface area contributed by atoms with Crippen LogP contribution in [0.4, 0.5) is 0 Å². The SMILES string of the molecule is CC1(C)[C@H]2CC[C@@]1(C)[C@H](OCC[C@H](O)CN1CCCCCC1)C2. The molecule has 0 aromatic heterocycles. The van der Waals surface area contributed by atoms with Crippen molar-refractivity contribution in [1.29, 1.82) is 0 Å². The molecule has 3 heteroatoms. The van der Waals surface area contributed by atoms with Crippen molar-refractivity contribution in [3.05, 3.63) is 0 Å². The Kier molecular flexibility index (Phi) is 5.40. The molecule has 2 bridgehead atoms. The van der Waals surface area contributed by atoms with Gasteiger partial charge in [-0.25, -0.2) is 0 Å². The van der Waals surface area contributed by atoms with E-state index in [1.807, 2.05) is 0 Å². The quantitative estimate of drug-likeness (QED) is 0.806. The predicted molar refractivity (Wildman–Crippen MR) is 94.5 cm³/mol. The summed E-state index contributed by atoms with van der Waals surface area (Å²) >= 11 is 0. The van der Waals surface area contributed by atoms with Crippen LogP contribution >= 0.6 is 0 Å². The fourth-order valence-electron chi connectivity index (χ4n) is 5.44. The maximum absolute atomic E-state index is 10.3. The number of hydrogen-bond acceptors (Lipinski definition) is 3. The van der Waals surface area contributed by atoms with Crippen molar-refractivity contribution in [3.8, 4) is 0 Å². The van der Waals surface area contributed by atoms with Gasteiger partial charge < -0.3 is 14.7 Å². The number of rotatable bonds is 6. The summed E-state index contributed by atoms with van der Waals surface area (Å²) in [5, 5.41) is 10.3. The van der Waals surface area contributed by atoms with Crippen molar-refractivity contribution in [2.45, 2.75) is 84.3 Å². The molecule has 134 valence electrons. The van der Waals surface area contributed by atoms with E-state index in [-0.39, 0.29) is 6.10 Å². The molecule has 0 aromatic rings. The first-order valence-electron chi connectivity index (χ1n) is 9.95. The zero-order valence-corrected chi connectivity index (χ0v) is 15.5. The molecule has 0 aromatic carbocycles. The topological polar surface area (TPSA) is 32.7 Å². The Morgan fingerprint density at radius 2 is 1.83 bits per heavy atom. The van der Waals surface area contributed by atoms with E-state index in [4.69, 9.17) is 4.74 Å². The van der Waals surface area contributed by atoms with E-state index in [2.05, 4.69) is 25.7 Å². The highest BCUT2D eigenvalue weighted by molar-refractivity contribution is 5.11. The van der Waals surface area contributed by atoms with E-state index >= 15 is 0 Å². The average molecular weight is 324 g/mol. The van der Waals surface area contributed by atoms with Crippen LogP contribution in [0, 0.1) is 16.7 Å². The molecule has 0 unspecified atom stereocenters. The fraction of sp³-hybridized carbons (Fsp3) is 1.00. The monoisotopic (exact) mass is 323 g/mol. The number of aliphatic hydroxyl groups is 1. The lowest BCUT2D eigenvalue weighted by Gasteiger charge is -2.39. The van der Waals surface area contributed by atoms with Gasteiger partial charge in [0.15, 0.2) is 0 Å². The number of likely N-dealkylation sites (tertiary alicyclic amines) is 1. The van der Waals surface area contributed by atoms with Gasteiger partial charge in [-0.3, -0.25) is 0 Å². The van der Waals surface area contributed by atoms with E-state index in [0.717, 1.165) is 38.6 Å². The Labute approximate surface area is 142 Å². The zero-order chi connectivity index (χ0) is 16.5. The summed E-state index contributed by atoms with van der Waals surface area (Å²) in [6, 6.07) is 0. The molecule has 1 aliphatic heterocycles. The summed E-state index contributed by atoms with van der Waals surface area (Å²) in [4.78, 5) is 2.44. The van der Waals surface area contributed by atoms with Crippen LogP contribution in [0.15, 0.2) is 0 Å². The van der Waals surface area contributed by atoms with Gasteiger partial charge in [0.2, 0.25) is 0 Å². The van der Waals surface area contributed by atoms with Gasteiger partial charge in [0.05, 0.1) is 12.2 Å². The van der Waals surface area contributed by atoms with Gasteiger partial charge in [0.25, 0.3) is 0 Å². The highest BCUT2D eigenvalue weighted by Crippen LogP contribution is 2.66. The second-order valence-electron chi connectivity index (χ2n) is 9.13. The van der Waals surface area contributed by atoms with Crippen LogP contribution in [0.1, 0.15) is 72.1 Å². The van der Waals surface area contributed by atoms with Gasteiger partial charge in [-0.2, -0.15) is 0 Å². The lowest BCUT2D eigenvalue weighted by atomic mass is 9.70. The van der Waals surface area contributed by atoms with Crippen LogP contribution in [0.5, 0.6) is 0 Å². The molecule has 1 N–H and O–H groups in total. The summed E-state index contributed by atoms with van der Waals surface area (Å²) in [6.45, 7) is 11.2. The maximum atomic E-state index is 10.3. The molecule has 3 fully saturated rings. The van der Waals surface area contributed by atoms with Gasteiger partial charge in [0.1, 0.15) is 0 Å². The van der Waals surface area contributed by atoms with Gasteiger partial charge in [-0.05, 0) is 68.4 Å². The smallest absolute Gasteiger partial charge is 0.0689 e. The normalized spacial score (nSPS) is 38.6. The first kappa shape index (κ1) is 17.7. The number of fused-ring (bicyclic) bond motifs is 2. The molecule has 3 nitrogen and oxygen atoms in total. The van der Waals surface area contributed by atoms with E-state index in [9.17, 15) is 5.11 Å². The third-order valence-electron chi connectivity index (χ3n) is 7.65. The largest absolute Gasteiger partial charge is 0.392 e. The Hall–Kier alpha value is -0.120. The summed E-state index contributed by atoms with van der Waals surface area (Å²) in [6.07, 6.45) is 10.2. The Morgan fingerprint density at radius 1 is 1.13 bits per heavy atom. The number of aliphatic hydroxyl groups excluding tert-OH is 1. The second kappa shape index (κ2) is 7.01. The molecule has 4 atom stereocenters. The fourth-order valence-corrected chi connectivity index (χ4v) is 5.44. The summed E-state index contributed by atoms with van der Waals surface area (Å²) in [5.41, 5.74) is 0.760. The molecule has 3 rings (SSSR count). The van der Waals surface area contributed by atoms with E-state index in [1.165, 1.54) is 44.9 Å². The molecular weight excluding hydrogens is 286 g/mol. The van der Waals surface area contributed by atoms with E-state index in [1.54, 1.807) is 0 Å². The summed E-state index contributed by atoms with van der Waals surface area (Å²) < 4.78 is 6.28. The first-order valence-corrected chi connectivity index (χ1v) is 9.95. The molecule has 0 amide bonds. The maximum Gasteiger partial charge on any atom is 0.0689 e. The average Bonchev–Trinajstić information content (AvgIpc) is 2.75. The van der Waals surface area contributed by atoms with Crippen molar-refractivity contribution in [2.75, 3.05) is 26.2 Å². The Morgan fingerprint density at radius 3 is 2.39 bits per heavy atom. The van der Waals surface area contributed by atoms with Crippen LogP contribution in [-0.2, 0) is 4.74 Å². The van der Waals surface area contributed by atoms with Crippen molar-refractivity contribution in [2.24, 2.45) is 16.7 Å². The molecule has 1 heterocycles. The van der Waals surface area contributed by atoms with Crippen molar-refractivity contribution < 1.29 is 9.84 Å². The van der Waals surface area contributed by atoms with E-state index in [0.29, 0.717) is 16.9 Å². The van der Waals surface area contributed by atoms with Gasteiger partial charge in [-0.15, -0.1) is 0 Å². The van der Waals surface area contributed by atoms with Crippen LogP contribution < -0.4 is 0 Å². The Balaban J connectivity index is 1.40. The van der Waals surface area contributed by atoms with Crippen molar-refractivity contribution >= 4 is 0 Å². The van der Waals surface area contributed by atoms with Gasteiger partial charge >= 0.3 is 0 Å². The van der Waals surface area contributed by atoms with Crippen molar-refractivity contribution in [3.63, 3.8) is 0 Å². The minimum absolute atomic E-state index is 0.229. The van der Waals surface area contributed by atoms with Crippen LogP contribution in [0.25, 0.3) is 0 Å². The van der Waals surface area contributed by atoms with Gasteiger partial charge in [-0.1, -0.05) is 33.6 Å².